The Hall–Kier alpha value is -0.960. The van der Waals surface area contributed by atoms with E-state index < -0.39 is 0 Å². The van der Waals surface area contributed by atoms with Crippen LogP contribution in [-0.4, -0.2) is 4.57 Å². The third kappa shape index (κ3) is 1.64. The molecule has 14 heavy (non-hydrogen) atoms. The molecule has 3 nitrogen and oxygen atoms in total. The average molecular weight is 213 g/mol. The van der Waals surface area contributed by atoms with E-state index >= 15 is 0 Å². The molecule has 76 valence electrons. The quantitative estimate of drug-likeness (QED) is 0.776. The van der Waals surface area contributed by atoms with E-state index in [4.69, 9.17) is 17.3 Å². The smallest absolute Gasteiger partial charge is 0.274 e. The highest BCUT2D eigenvalue weighted by Crippen LogP contribution is 2.29. The molecule has 0 bridgehead atoms. The van der Waals surface area contributed by atoms with Crippen molar-refractivity contribution in [1.29, 1.82) is 0 Å². The zero-order valence-corrected chi connectivity index (χ0v) is 8.63. The van der Waals surface area contributed by atoms with Gasteiger partial charge in [0, 0.05) is 12.2 Å². The van der Waals surface area contributed by atoms with E-state index in [1.807, 2.05) is 0 Å². The molecule has 1 aromatic rings. The van der Waals surface area contributed by atoms with Crippen molar-refractivity contribution in [3.63, 3.8) is 0 Å². The van der Waals surface area contributed by atoms with Crippen LogP contribution in [0.15, 0.2) is 17.1 Å². The molecule has 1 aromatic heterocycles. The molecule has 0 amide bonds. The molecule has 1 saturated carbocycles. The van der Waals surface area contributed by atoms with Gasteiger partial charge in [-0.2, -0.15) is 0 Å². The van der Waals surface area contributed by atoms with E-state index in [9.17, 15) is 4.79 Å². The zero-order chi connectivity index (χ0) is 10.1. The van der Waals surface area contributed by atoms with Gasteiger partial charge in [-0.1, -0.05) is 24.4 Å². The largest absolute Gasteiger partial charge is 0.394 e. The predicted molar refractivity (Wildman–Crippen MR) is 57.6 cm³/mol. The van der Waals surface area contributed by atoms with E-state index in [0.29, 0.717) is 11.1 Å². The van der Waals surface area contributed by atoms with Gasteiger partial charge in [-0.05, 0) is 18.9 Å². The van der Waals surface area contributed by atoms with Crippen molar-refractivity contribution in [1.82, 2.24) is 4.57 Å². The molecular weight excluding hydrogens is 200 g/mol. The third-order valence-electron chi connectivity index (χ3n) is 2.76. The van der Waals surface area contributed by atoms with Gasteiger partial charge in [-0.25, -0.2) is 0 Å². The molecular formula is C10H13ClN2O. The standard InChI is InChI=1S/C10H13ClN2O/c11-7-5-9(12)10(14)13(6-7)8-3-1-2-4-8/h5-6,8H,1-4,12H2. The molecule has 0 aliphatic heterocycles. The first-order valence-corrected chi connectivity index (χ1v) is 5.23. The number of nitrogen functional groups attached to an aromatic ring is 1. The van der Waals surface area contributed by atoms with Crippen LogP contribution >= 0.6 is 11.6 Å². The van der Waals surface area contributed by atoms with Crippen LogP contribution in [0.1, 0.15) is 31.7 Å². The van der Waals surface area contributed by atoms with Crippen LogP contribution in [0.3, 0.4) is 0 Å². The first-order valence-electron chi connectivity index (χ1n) is 4.85. The molecule has 0 atom stereocenters. The Morgan fingerprint density at radius 2 is 2.07 bits per heavy atom. The Labute approximate surface area is 87.5 Å². The monoisotopic (exact) mass is 212 g/mol. The molecule has 0 saturated heterocycles. The lowest BCUT2D eigenvalue weighted by Crippen LogP contribution is -2.25. The second-order valence-electron chi connectivity index (χ2n) is 3.76. The topological polar surface area (TPSA) is 48.0 Å². The minimum Gasteiger partial charge on any atom is -0.394 e. The number of hydrogen-bond donors (Lipinski definition) is 1. The van der Waals surface area contributed by atoms with Crippen LogP contribution in [0.25, 0.3) is 0 Å². The van der Waals surface area contributed by atoms with Gasteiger partial charge in [-0.15, -0.1) is 0 Å². The van der Waals surface area contributed by atoms with Crippen molar-refractivity contribution in [2.24, 2.45) is 0 Å². The number of rotatable bonds is 1. The summed E-state index contributed by atoms with van der Waals surface area (Å²) in [6.45, 7) is 0. The van der Waals surface area contributed by atoms with Gasteiger partial charge < -0.3 is 10.3 Å². The van der Waals surface area contributed by atoms with Crippen LogP contribution in [0, 0.1) is 0 Å². The number of halogens is 1. The minimum absolute atomic E-state index is 0.110. The summed E-state index contributed by atoms with van der Waals surface area (Å²) in [7, 11) is 0. The second-order valence-corrected chi connectivity index (χ2v) is 4.20. The Morgan fingerprint density at radius 3 is 2.71 bits per heavy atom. The van der Waals surface area contributed by atoms with Crippen molar-refractivity contribution in [2.75, 3.05) is 5.73 Å². The van der Waals surface area contributed by atoms with E-state index in [2.05, 4.69) is 0 Å². The average Bonchev–Trinajstić information content (AvgIpc) is 2.63. The van der Waals surface area contributed by atoms with Gasteiger partial charge in [0.1, 0.15) is 0 Å². The number of pyridine rings is 1. The number of anilines is 1. The molecule has 1 fully saturated rings. The lowest BCUT2D eigenvalue weighted by Gasteiger charge is -2.14. The van der Waals surface area contributed by atoms with Crippen molar-refractivity contribution >= 4 is 17.3 Å². The highest BCUT2D eigenvalue weighted by molar-refractivity contribution is 6.30. The SMILES string of the molecule is Nc1cc(Cl)cn(C2CCCC2)c1=O. The summed E-state index contributed by atoms with van der Waals surface area (Å²) in [5.41, 5.74) is 5.70. The molecule has 2 N–H and O–H groups in total. The third-order valence-corrected chi connectivity index (χ3v) is 2.96. The summed E-state index contributed by atoms with van der Waals surface area (Å²) in [4.78, 5) is 11.7. The van der Waals surface area contributed by atoms with Gasteiger partial charge in [0.2, 0.25) is 0 Å². The summed E-state index contributed by atoms with van der Waals surface area (Å²) >= 11 is 5.86. The Bertz CT molecular complexity index is 394. The van der Waals surface area contributed by atoms with Gasteiger partial charge in [0.25, 0.3) is 5.56 Å². The predicted octanol–water partition coefficient (Wildman–Crippen LogP) is 2.20. The molecule has 0 radical (unpaired) electrons. The van der Waals surface area contributed by atoms with Crippen LogP contribution in [0.4, 0.5) is 5.69 Å². The molecule has 1 aliphatic carbocycles. The second kappa shape index (κ2) is 3.65. The first kappa shape index (κ1) is 9.59. The fraction of sp³-hybridized carbons (Fsp3) is 0.500. The zero-order valence-electron chi connectivity index (χ0n) is 7.87. The lowest BCUT2D eigenvalue weighted by atomic mass is 10.2. The van der Waals surface area contributed by atoms with Gasteiger partial charge >= 0.3 is 0 Å². The van der Waals surface area contributed by atoms with Gasteiger partial charge in [0.15, 0.2) is 0 Å². The summed E-state index contributed by atoms with van der Waals surface area (Å²) in [5, 5.41) is 0.536. The van der Waals surface area contributed by atoms with Gasteiger partial charge in [0.05, 0.1) is 10.7 Å². The van der Waals surface area contributed by atoms with Crippen LogP contribution < -0.4 is 11.3 Å². The van der Waals surface area contributed by atoms with E-state index in [-0.39, 0.29) is 11.2 Å². The number of hydrogen-bond acceptors (Lipinski definition) is 2. The molecule has 0 aromatic carbocycles. The van der Waals surface area contributed by atoms with Crippen LogP contribution in [-0.2, 0) is 0 Å². The van der Waals surface area contributed by atoms with Crippen LogP contribution in [0.5, 0.6) is 0 Å². The lowest BCUT2D eigenvalue weighted by molar-refractivity contribution is 0.503. The summed E-state index contributed by atoms with van der Waals surface area (Å²) in [6.07, 6.45) is 6.17. The molecule has 2 rings (SSSR count). The Kier molecular flexibility index (Phi) is 2.50. The first-order chi connectivity index (χ1) is 6.68. The van der Waals surface area contributed by atoms with E-state index in [1.54, 1.807) is 10.8 Å². The Balaban J connectivity index is 2.46. The maximum Gasteiger partial charge on any atom is 0.274 e. The molecule has 1 heterocycles. The molecule has 0 unspecified atom stereocenters. The van der Waals surface area contributed by atoms with E-state index in [0.717, 1.165) is 12.8 Å². The summed E-state index contributed by atoms with van der Waals surface area (Å²) in [6, 6.07) is 1.80. The van der Waals surface area contributed by atoms with Crippen molar-refractivity contribution in [2.45, 2.75) is 31.7 Å². The fourth-order valence-corrected chi connectivity index (χ4v) is 2.26. The highest BCUT2D eigenvalue weighted by Gasteiger charge is 2.18. The summed E-state index contributed by atoms with van der Waals surface area (Å²) in [5.74, 6) is 0. The summed E-state index contributed by atoms with van der Waals surface area (Å²) < 4.78 is 1.69. The number of nitrogens with zero attached hydrogens (tertiary/aromatic N) is 1. The fourth-order valence-electron chi connectivity index (χ4n) is 2.04. The number of aromatic nitrogens is 1. The minimum atomic E-state index is -0.110. The molecule has 0 spiro atoms. The molecule has 4 heteroatoms. The van der Waals surface area contributed by atoms with Crippen molar-refractivity contribution in [3.8, 4) is 0 Å². The molecule has 1 aliphatic rings. The van der Waals surface area contributed by atoms with Crippen molar-refractivity contribution < 1.29 is 0 Å². The number of nitrogens with two attached hydrogens (primary N) is 1. The highest BCUT2D eigenvalue weighted by atomic mass is 35.5. The maximum atomic E-state index is 11.7. The van der Waals surface area contributed by atoms with E-state index in [1.165, 1.54) is 18.9 Å². The Morgan fingerprint density at radius 1 is 1.43 bits per heavy atom. The van der Waals surface area contributed by atoms with Crippen LogP contribution in [0.2, 0.25) is 5.02 Å². The van der Waals surface area contributed by atoms with Crippen molar-refractivity contribution in [3.05, 3.63) is 27.6 Å². The normalized spacial score (nSPS) is 17.5. The van der Waals surface area contributed by atoms with Gasteiger partial charge in [-0.3, -0.25) is 4.79 Å². The maximum absolute atomic E-state index is 11.7.